The number of nitrogens with one attached hydrogen (secondary N) is 1. The summed E-state index contributed by atoms with van der Waals surface area (Å²) in [5, 5.41) is 6.18. The van der Waals surface area contributed by atoms with Crippen molar-refractivity contribution in [2.75, 3.05) is 5.32 Å². The van der Waals surface area contributed by atoms with Crippen LogP contribution in [0.3, 0.4) is 0 Å². The van der Waals surface area contributed by atoms with E-state index in [-0.39, 0.29) is 0 Å². The van der Waals surface area contributed by atoms with Crippen LogP contribution in [-0.4, -0.2) is 4.98 Å². The number of thiophene rings is 1. The van der Waals surface area contributed by atoms with Crippen LogP contribution in [0, 0.1) is 0 Å². The van der Waals surface area contributed by atoms with Gasteiger partial charge in [0.05, 0.1) is 28.2 Å². The van der Waals surface area contributed by atoms with Gasteiger partial charge in [0.1, 0.15) is 16.4 Å². The molecule has 0 atom stereocenters. The lowest BCUT2D eigenvalue weighted by atomic mass is 10.3. The van der Waals surface area contributed by atoms with Crippen molar-refractivity contribution in [2.45, 2.75) is 6.54 Å². The van der Waals surface area contributed by atoms with Crippen molar-refractivity contribution in [2.24, 2.45) is 0 Å². The molecule has 0 saturated heterocycles. The van der Waals surface area contributed by atoms with Gasteiger partial charge in [-0.15, -0.1) is 11.3 Å². The zero-order valence-corrected chi connectivity index (χ0v) is 11.4. The highest BCUT2D eigenvalue weighted by molar-refractivity contribution is 7.18. The summed E-state index contributed by atoms with van der Waals surface area (Å²) in [6.45, 7) is 0.595. The molecule has 0 unspecified atom stereocenters. The first-order valence-corrected chi connectivity index (χ1v) is 6.87. The zero-order chi connectivity index (χ0) is 12.5. The van der Waals surface area contributed by atoms with Crippen LogP contribution >= 0.6 is 34.5 Å². The second kappa shape index (κ2) is 4.80. The molecular formula is C12H8Cl2N2OS. The third-order valence-corrected chi connectivity index (χ3v) is 4.10. The average molecular weight is 299 g/mol. The van der Waals surface area contributed by atoms with Gasteiger partial charge >= 0.3 is 0 Å². The normalized spacial score (nSPS) is 11.0. The second-order valence-electron chi connectivity index (χ2n) is 3.69. The van der Waals surface area contributed by atoms with Gasteiger partial charge in [0.15, 0.2) is 0 Å². The van der Waals surface area contributed by atoms with Crippen molar-refractivity contribution in [1.82, 2.24) is 4.98 Å². The molecule has 0 radical (unpaired) electrons. The zero-order valence-electron chi connectivity index (χ0n) is 9.11. The van der Waals surface area contributed by atoms with Crippen LogP contribution in [0.5, 0.6) is 0 Å². The summed E-state index contributed by atoms with van der Waals surface area (Å²) >= 11 is 13.6. The minimum absolute atomic E-state index is 0.421. The van der Waals surface area contributed by atoms with Gasteiger partial charge in [-0.25, -0.2) is 4.98 Å². The van der Waals surface area contributed by atoms with Gasteiger partial charge in [0.25, 0.3) is 0 Å². The number of hydrogen-bond donors (Lipinski definition) is 1. The fourth-order valence-electron chi connectivity index (χ4n) is 1.68. The van der Waals surface area contributed by atoms with E-state index >= 15 is 0 Å². The molecule has 3 aromatic heterocycles. The topological polar surface area (TPSA) is 38.1 Å². The Morgan fingerprint density at radius 1 is 1.39 bits per heavy atom. The van der Waals surface area contributed by atoms with Crippen molar-refractivity contribution in [3.63, 3.8) is 0 Å². The second-order valence-corrected chi connectivity index (χ2v) is 5.36. The highest BCUT2D eigenvalue weighted by Crippen LogP contribution is 2.35. The van der Waals surface area contributed by atoms with Crippen LogP contribution in [0.1, 0.15) is 5.76 Å². The van der Waals surface area contributed by atoms with Crippen LogP contribution in [0.15, 0.2) is 34.3 Å². The molecule has 0 bridgehead atoms. The minimum Gasteiger partial charge on any atom is -0.467 e. The van der Waals surface area contributed by atoms with Crippen molar-refractivity contribution in [3.8, 4) is 0 Å². The van der Waals surface area contributed by atoms with Gasteiger partial charge in [0, 0.05) is 11.4 Å². The first-order chi connectivity index (χ1) is 8.74. The lowest BCUT2D eigenvalue weighted by Crippen LogP contribution is -1.98. The van der Waals surface area contributed by atoms with E-state index in [4.69, 9.17) is 27.6 Å². The average Bonchev–Trinajstić information content (AvgIpc) is 2.97. The minimum atomic E-state index is 0.421. The Bertz CT molecular complexity index is 679. The van der Waals surface area contributed by atoms with Gasteiger partial charge in [-0.1, -0.05) is 23.2 Å². The number of hydrogen-bond acceptors (Lipinski definition) is 4. The molecule has 0 aliphatic rings. The number of halogens is 2. The number of anilines is 1. The first kappa shape index (κ1) is 11.8. The Labute approximate surface area is 117 Å². The molecule has 0 saturated carbocycles. The molecular weight excluding hydrogens is 291 g/mol. The molecule has 6 heteroatoms. The standard InChI is InChI=1S/C12H8Cl2N2OS/c13-8-6-18-12-9(4-10(14)16-11(8)12)15-5-7-2-1-3-17-7/h1-4,6H,5H2,(H,15,16). The van der Waals surface area contributed by atoms with E-state index in [0.29, 0.717) is 16.7 Å². The molecule has 92 valence electrons. The van der Waals surface area contributed by atoms with E-state index in [1.165, 1.54) is 0 Å². The summed E-state index contributed by atoms with van der Waals surface area (Å²) in [4.78, 5) is 4.22. The Morgan fingerprint density at radius 2 is 2.28 bits per heavy atom. The molecule has 0 aliphatic heterocycles. The van der Waals surface area contributed by atoms with E-state index in [1.54, 1.807) is 23.7 Å². The maximum Gasteiger partial charge on any atom is 0.131 e. The highest BCUT2D eigenvalue weighted by atomic mass is 35.5. The maximum atomic E-state index is 6.06. The van der Waals surface area contributed by atoms with Crippen molar-refractivity contribution >= 4 is 50.4 Å². The van der Waals surface area contributed by atoms with Crippen molar-refractivity contribution in [3.05, 3.63) is 45.8 Å². The Kier molecular flexibility index (Phi) is 3.16. The quantitative estimate of drug-likeness (QED) is 0.705. The van der Waals surface area contributed by atoms with E-state index in [0.717, 1.165) is 21.7 Å². The molecule has 3 nitrogen and oxygen atoms in total. The molecule has 0 aromatic carbocycles. The predicted octanol–water partition coefficient (Wildman–Crippen LogP) is 4.81. The third kappa shape index (κ3) is 2.19. The highest BCUT2D eigenvalue weighted by Gasteiger charge is 2.10. The lowest BCUT2D eigenvalue weighted by Gasteiger charge is -2.06. The van der Waals surface area contributed by atoms with E-state index in [2.05, 4.69) is 10.3 Å². The van der Waals surface area contributed by atoms with E-state index in [9.17, 15) is 0 Å². The smallest absolute Gasteiger partial charge is 0.131 e. The van der Waals surface area contributed by atoms with Crippen LogP contribution in [0.2, 0.25) is 10.2 Å². The van der Waals surface area contributed by atoms with Gasteiger partial charge in [-0.3, -0.25) is 0 Å². The number of pyridine rings is 1. The SMILES string of the molecule is Clc1cc(NCc2ccco2)c2scc(Cl)c2n1. The molecule has 0 amide bonds. The molecule has 0 fully saturated rings. The summed E-state index contributed by atoms with van der Waals surface area (Å²) in [5.74, 6) is 0.860. The molecule has 3 aromatic rings. The summed E-state index contributed by atoms with van der Waals surface area (Å²) in [5.41, 5.74) is 1.65. The monoisotopic (exact) mass is 298 g/mol. The van der Waals surface area contributed by atoms with Crippen molar-refractivity contribution < 1.29 is 4.42 Å². The Balaban J connectivity index is 1.95. The number of aromatic nitrogens is 1. The predicted molar refractivity (Wildman–Crippen MR) is 75.7 cm³/mol. The van der Waals surface area contributed by atoms with Gasteiger partial charge in [-0.2, -0.15) is 0 Å². The first-order valence-electron chi connectivity index (χ1n) is 5.23. The van der Waals surface area contributed by atoms with Crippen molar-refractivity contribution in [1.29, 1.82) is 0 Å². The molecule has 0 spiro atoms. The summed E-state index contributed by atoms with van der Waals surface area (Å²) < 4.78 is 6.27. The molecule has 0 aliphatic carbocycles. The number of fused-ring (bicyclic) bond motifs is 1. The fourth-order valence-corrected chi connectivity index (χ4v) is 3.05. The van der Waals surface area contributed by atoms with Gasteiger partial charge in [-0.05, 0) is 12.1 Å². The number of furan rings is 1. The number of nitrogens with zero attached hydrogens (tertiary/aromatic N) is 1. The number of rotatable bonds is 3. The van der Waals surface area contributed by atoms with Gasteiger partial charge in [0.2, 0.25) is 0 Å². The Morgan fingerprint density at radius 3 is 3.06 bits per heavy atom. The Hall–Kier alpha value is -1.23. The fraction of sp³-hybridized carbons (Fsp3) is 0.0833. The van der Waals surface area contributed by atoms with Gasteiger partial charge < -0.3 is 9.73 Å². The maximum absolute atomic E-state index is 6.06. The van der Waals surface area contributed by atoms with E-state index < -0.39 is 0 Å². The summed E-state index contributed by atoms with van der Waals surface area (Å²) in [6.07, 6.45) is 1.65. The van der Waals surface area contributed by atoms with E-state index in [1.807, 2.05) is 17.5 Å². The van der Waals surface area contributed by atoms with Crippen LogP contribution in [0.25, 0.3) is 10.2 Å². The summed E-state index contributed by atoms with van der Waals surface area (Å²) in [7, 11) is 0. The summed E-state index contributed by atoms with van der Waals surface area (Å²) in [6, 6.07) is 5.56. The van der Waals surface area contributed by atoms with Crippen LogP contribution in [0.4, 0.5) is 5.69 Å². The van der Waals surface area contributed by atoms with Crippen LogP contribution < -0.4 is 5.32 Å². The lowest BCUT2D eigenvalue weighted by molar-refractivity contribution is 0.518. The molecule has 3 rings (SSSR count). The molecule has 18 heavy (non-hydrogen) atoms. The molecule has 1 N–H and O–H groups in total. The molecule has 3 heterocycles. The van der Waals surface area contributed by atoms with Crippen LogP contribution in [-0.2, 0) is 6.54 Å². The third-order valence-electron chi connectivity index (χ3n) is 2.48. The largest absolute Gasteiger partial charge is 0.467 e.